The van der Waals surface area contributed by atoms with Gasteiger partial charge in [0.1, 0.15) is 0 Å². The van der Waals surface area contributed by atoms with Gasteiger partial charge in [0.05, 0.1) is 12.7 Å². The first-order valence-corrected chi connectivity index (χ1v) is 8.11. The molecule has 0 heterocycles. The van der Waals surface area contributed by atoms with Gasteiger partial charge in [0.25, 0.3) is 5.91 Å². The van der Waals surface area contributed by atoms with Crippen molar-refractivity contribution in [3.63, 3.8) is 0 Å². The molecule has 6 heteroatoms. The van der Waals surface area contributed by atoms with Gasteiger partial charge in [-0.05, 0) is 62.3 Å². The number of aryl methyl sites for hydroxylation is 3. The van der Waals surface area contributed by atoms with Crippen molar-refractivity contribution in [2.45, 2.75) is 20.8 Å². The van der Waals surface area contributed by atoms with E-state index in [1.807, 2.05) is 32.9 Å². The van der Waals surface area contributed by atoms with Gasteiger partial charge < -0.3 is 10.1 Å². The molecular formula is C19H20N2O3S. The molecule has 25 heavy (non-hydrogen) atoms. The van der Waals surface area contributed by atoms with Gasteiger partial charge in [0.15, 0.2) is 5.11 Å². The van der Waals surface area contributed by atoms with E-state index in [0.29, 0.717) is 11.1 Å². The maximum atomic E-state index is 12.3. The van der Waals surface area contributed by atoms with Gasteiger partial charge in [-0.1, -0.05) is 23.8 Å². The zero-order valence-corrected chi connectivity index (χ0v) is 15.4. The first-order chi connectivity index (χ1) is 11.8. The number of hydrogen-bond donors (Lipinski definition) is 2. The van der Waals surface area contributed by atoms with Crippen LogP contribution in [0.4, 0.5) is 5.69 Å². The fourth-order valence-corrected chi connectivity index (χ4v) is 2.80. The SMILES string of the molecule is COC(=O)c1cccc(C(=O)NC(=S)Nc2c(C)cc(C)cc2C)c1. The Morgan fingerprint density at radius 1 is 1.00 bits per heavy atom. The van der Waals surface area contributed by atoms with Crippen LogP contribution in [0.25, 0.3) is 0 Å². The van der Waals surface area contributed by atoms with Crippen LogP contribution in [-0.2, 0) is 4.74 Å². The first-order valence-electron chi connectivity index (χ1n) is 7.70. The minimum Gasteiger partial charge on any atom is -0.465 e. The van der Waals surface area contributed by atoms with Crippen LogP contribution in [0.15, 0.2) is 36.4 Å². The molecule has 2 aromatic rings. The summed E-state index contributed by atoms with van der Waals surface area (Å²) in [5.74, 6) is -0.896. The lowest BCUT2D eigenvalue weighted by Gasteiger charge is -2.15. The number of rotatable bonds is 3. The molecular weight excluding hydrogens is 336 g/mol. The zero-order valence-electron chi connectivity index (χ0n) is 14.6. The van der Waals surface area contributed by atoms with Gasteiger partial charge in [-0.25, -0.2) is 4.79 Å². The van der Waals surface area contributed by atoms with Crippen molar-refractivity contribution < 1.29 is 14.3 Å². The largest absolute Gasteiger partial charge is 0.465 e. The molecule has 1 amide bonds. The van der Waals surface area contributed by atoms with E-state index >= 15 is 0 Å². The third kappa shape index (κ3) is 4.64. The summed E-state index contributed by atoms with van der Waals surface area (Å²) >= 11 is 5.24. The lowest BCUT2D eigenvalue weighted by molar-refractivity contribution is 0.0600. The van der Waals surface area contributed by atoms with Crippen molar-refractivity contribution in [1.29, 1.82) is 0 Å². The Bertz CT molecular complexity index is 823. The maximum absolute atomic E-state index is 12.3. The van der Waals surface area contributed by atoms with Crippen LogP contribution >= 0.6 is 12.2 Å². The Balaban J connectivity index is 2.11. The molecule has 0 fully saturated rings. The minimum absolute atomic E-state index is 0.198. The topological polar surface area (TPSA) is 67.4 Å². The van der Waals surface area contributed by atoms with Crippen LogP contribution in [0.2, 0.25) is 0 Å². The molecule has 0 unspecified atom stereocenters. The van der Waals surface area contributed by atoms with E-state index in [1.165, 1.54) is 13.2 Å². The van der Waals surface area contributed by atoms with Gasteiger partial charge in [-0.2, -0.15) is 0 Å². The molecule has 0 aliphatic carbocycles. The molecule has 0 aliphatic heterocycles. The molecule has 2 aromatic carbocycles. The summed E-state index contributed by atoms with van der Waals surface area (Å²) in [7, 11) is 1.29. The number of hydrogen-bond acceptors (Lipinski definition) is 4. The second-order valence-corrected chi connectivity index (χ2v) is 6.16. The average Bonchev–Trinajstić information content (AvgIpc) is 2.57. The summed E-state index contributed by atoms with van der Waals surface area (Å²) in [6, 6.07) is 10.3. The number of carbonyl (C=O) groups is 2. The third-order valence-electron chi connectivity index (χ3n) is 3.69. The normalized spacial score (nSPS) is 10.1. The fraction of sp³-hybridized carbons (Fsp3) is 0.211. The quantitative estimate of drug-likeness (QED) is 0.650. The molecule has 0 bridgehead atoms. The van der Waals surface area contributed by atoms with Crippen LogP contribution < -0.4 is 10.6 Å². The monoisotopic (exact) mass is 356 g/mol. The van der Waals surface area contributed by atoms with Gasteiger partial charge in [-0.3, -0.25) is 10.1 Å². The summed E-state index contributed by atoms with van der Waals surface area (Å²) < 4.78 is 4.66. The van der Waals surface area contributed by atoms with E-state index in [9.17, 15) is 9.59 Å². The van der Waals surface area contributed by atoms with Crippen molar-refractivity contribution in [2.75, 3.05) is 12.4 Å². The number of anilines is 1. The van der Waals surface area contributed by atoms with Crippen LogP contribution in [-0.4, -0.2) is 24.1 Å². The molecule has 0 aliphatic rings. The lowest BCUT2D eigenvalue weighted by atomic mass is 10.1. The van der Waals surface area contributed by atoms with E-state index in [2.05, 4.69) is 15.4 Å². The maximum Gasteiger partial charge on any atom is 0.337 e. The Morgan fingerprint density at radius 3 is 2.20 bits per heavy atom. The van der Waals surface area contributed by atoms with Gasteiger partial charge in [-0.15, -0.1) is 0 Å². The highest BCUT2D eigenvalue weighted by Gasteiger charge is 2.13. The van der Waals surface area contributed by atoms with Crippen molar-refractivity contribution in [3.8, 4) is 0 Å². The lowest BCUT2D eigenvalue weighted by Crippen LogP contribution is -2.34. The molecule has 0 aromatic heterocycles. The molecule has 2 N–H and O–H groups in total. The predicted molar refractivity (Wildman–Crippen MR) is 102 cm³/mol. The Kier molecular flexibility index (Phi) is 5.88. The van der Waals surface area contributed by atoms with Crippen molar-refractivity contribution in [1.82, 2.24) is 5.32 Å². The number of ether oxygens (including phenoxy) is 1. The van der Waals surface area contributed by atoms with Crippen LogP contribution in [0, 0.1) is 20.8 Å². The Hall–Kier alpha value is -2.73. The second-order valence-electron chi connectivity index (χ2n) is 5.75. The van der Waals surface area contributed by atoms with Gasteiger partial charge in [0.2, 0.25) is 0 Å². The van der Waals surface area contributed by atoms with Crippen LogP contribution in [0.5, 0.6) is 0 Å². The summed E-state index contributed by atoms with van der Waals surface area (Å²) in [6.07, 6.45) is 0. The standard InChI is InChI=1S/C19H20N2O3S/c1-11-8-12(2)16(13(3)9-11)20-19(25)21-17(22)14-6-5-7-15(10-14)18(23)24-4/h5-10H,1-4H3,(H2,20,21,22,25). The van der Waals surface area contributed by atoms with Crippen molar-refractivity contribution >= 4 is 34.9 Å². The number of thiocarbonyl (C=S) groups is 1. The average molecular weight is 356 g/mol. The molecule has 0 radical (unpaired) electrons. The molecule has 5 nitrogen and oxygen atoms in total. The van der Waals surface area contributed by atoms with E-state index in [-0.39, 0.29) is 5.11 Å². The number of esters is 1. The van der Waals surface area contributed by atoms with Crippen molar-refractivity contribution in [3.05, 3.63) is 64.2 Å². The number of nitrogens with one attached hydrogen (secondary N) is 2. The second kappa shape index (κ2) is 7.90. The van der Waals surface area contributed by atoms with E-state index in [4.69, 9.17) is 12.2 Å². The van der Waals surface area contributed by atoms with E-state index in [0.717, 1.165) is 22.4 Å². The first kappa shape index (κ1) is 18.6. The highest BCUT2D eigenvalue weighted by molar-refractivity contribution is 7.80. The summed E-state index contributed by atoms with van der Waals surface area (Å²) in [5, 5.41) is 5.89. The summed E-state index contributed by atoms with van der Waals surface area (Å²) in [4.78, 5) is 23.9. The predicted octanol–water partition coefficient (Wildman–Crippen LogP) is 3.53. The molecule has 2 rings (SSSR count). The molecule has 0 saturated heterocycles. The summed E-state index contributed by atoms with van der Waals surface area (Å²) in [5.41, 5.74) is 4.75. The highest BCUT2D eigenvalue weighted by Crippen LogP contribution is 2.21. The molecule has 0 atom stereocenters. The molecule has 0 saturated carbocycles. The number of methoxy groups -OCH3 is 1. The van der Waals surface area contributed by atoms with Gasteiger partial charge in [0, 0.05) is 11.3 Å². The number of benzene rings is 2. The molecule has 0 spiro atoms. The Morgan fingerprint density at radius 2 is 1.60 bits per heavy atom. The zero-order chi connectivity index (χ0) is 18.6. The Labute approximate surface area is 152 Å². The van der Waals surface area contributed by atoms with Crippen LogP contribution in [0.3, 0.4) is 0 Å². The number of amides is 1. The van der Waals surface area contributed by atoms with Crippen molar-refractivity contribution in [2.24, 2.45) is 0 Å². The molecule has 130 valence electrons. The minimum atomic E-state index is -0.499. The number of carbonyl (C=O) groups excluding carboxylic acids is 2. The van der Waals surface area contributed by atoms with E-state index < -0.39 is 11.9 Å². The summed E-state index contributed by atoms with van der Waals surface area (Å²) in [6.45, 7) is 5.98. The smallest absolute Gasteiger partial charge is 0.337 e. The highest BCUT2D eigenvalue weighted by atomic mass is 32.1. The third-order valence-corrected chi connectivity index (χ3v) is 3.89. The van der Waals surface area contributed by atoms with E-state index in [1.54, 1.807) is 18.2 Å². The fourth-order valence-electron chi connectivity index (χ4n) is 2.60. The van der Waals surface area contributed by atoms with Gasteiger partial charge >= 0.3 is 5.97 Å². The van der Waals surface area contributed by atoms with Crippen LogP contribution in [0.1, 0.15) is 37.4 Å².